The Labute approximate surface area is 150 Å². The van der Waals surface area contributed by atoms with Crippen LogP contribution < -0.4 is 0 Å². The first-order valence-corrected chi connectivity index (χ1v) is 9.19. The zero-order valence-electron chi connectivity index (χ0n) is 15.8. The lowest BCUT2D eigenvalue weighted by Gasteiger charge is -2.24. The molecule has 1 atom stereocenters. The molecule has 0 aromatic rings. The van der Waals surface area contributed by atoms with Crippen LogP contribution in [0.3, 0.4) is 0 Å². The summed E-state index contributed by atoms with van der Waals surface area (Å²) in [5.74, 6) is -1.17. The zero-order valence-corrected chi connectivity index (χ0v) is 16.8. The lowest BCUT2D eigenvalue weighted by Crippen LogP contribution is -2.34. The van der Waals surface area contributed by atoms with Crippen molar-refractivity contribution < 1.29 is 42.1 Å². The molecule has 0 fully saturated rings. The number of methoxy groups -OCH3 is 2. The van der Waals surface area contributed by atoms with E-state index in [0.717, 1.165) is 0 Å². The first kappa shape index (κ1) is 24.1. The van der Waals surface area contributed by atoms with Crippen molar-refractivity contribution in [2.24, 2.45) is 5.41 Å². The minimum atomic E-state index is -2.19. The van der Waals surface area contributed by atoms with E-state index in [9.17, 15) is 9.59 Å². The van der Waals surface area contributed by atoms with Gasteiger partial charge in [0, 0.05) is 21.1 Å². The Bertz CT molecular complexity index is 381. The van der Waals surface area contributed by atoms with Crippen LogP contribution in [-0.4, -0.2) is 55.4 Å². The third-order valence-corrected chi connectivity index (χ3v) is 4.12. The van der Waals surface area contributed by atoms with Crippen molar-refractivity contribution in [3.05, 3.63) is 0 Å². The van der Waals surface area contributed by atoms with E-state index in [4.69, 9.17) is 27.8 Å². The molecule has 0 amide bonds. The minimum absolute atomic E-state index is 0.00171. The Morgan fingerprint density at radius 2 is 1.88 bits per heavy atom. The van der Waals surface area contributed by atoms with Crippen molar-refractivity contribution in [3.8, 4) is 0 Å². The van der Waals surface area contributed by atoms with E-state index in [2.05, 4.69) is 4.74 Å². The largest absolute Gasteiger partial charge is 0.611 e. The highest BCUT2D eigenvalue weighted by molar-refractivity contribution is 6.36. The molecule has 0 bridgehead atoms. The number of hydrogen-bond acceptors (Lipinski definition) is 9. The maximum Gasteiger partial charge on any atom is 0.611 e. The predicted molar refractivity (Wildman–Crippen MR) is 87.7 cm³/mol. The van der Waals surface area contributed by atoms with Crippen LogP contribution in [0.2, 0.25) is 0 Å². The summed E-state index contributed by atoms with van der Waals surface area (Å²) < 4.78 is 30.6. The molecule has 0 saturated heterocycles. The molecular weight excluding hydrogens is 352 g/mol. The molecule has 0 rings (SSSR count). The average molecular weight is 381 g/mol. The lowest BCUT2D eigenvalue weighted by atomic mass is 9.87. The third kappa shape index (κ3) is 11.4. The van der Waals surface area contributed by atoms with Crippen LogP contribution in [0.15, 0.2) is 0 Å². The van der Waals surface area contributed by atoms with Crippen molar-refractivity contribution in [2.75, 3.05) is 27.6 Å². The average Bonchev–Trinajstić information content (AvgIpc) is 2.55. The maximum absolute atomic E-state index is 11.9. The van der Waals surface area contributed by atoms with Gasteiger partial charge in [0.1, 0.15) is 6.79 Å². The normalized spacial score (nSPS) is 13.1. The molecule has 0 aromatic carbocycles. The highest BCUT2D eigenvalue weighted by atomic mass is 28.3. The number of carbonyl (C=O) groups excluding carboxylic acids is 2. The number of carbonyl (C=O) groups is 2. The van der Waals surface area contributed by atoms with Crippen LogP contribution in [0, 0.1) is 5.41 Å². The molecular formula is C15H29O9Si. The fourth-order valence-corrected chi connectivity index (χ4v) is 2.72. The third-order valence-electron chi connectivity index (χ3n) is 3.06. The van der Waals surface area contributed by atoms with Crippen LogP contribution in [-0.2, 0) is 42.1 Å². The van der Waals surface area contributed by atoms with Crippen LogP contribution in [0.4, 0.5) is 0 Å². The summed E-state index contributed by atoms with van der Waals surface area (Å²) in [5.41, 5.74) is -0.786. The molecule has 0 heterocycles. The van der Waals surface area contributed by atoms with E-state index in [1.165, 1.54) is 21.1 Å². The molecule has 0 N–H and O–H groups in total. The van der Waals surface area contributed by atoms with E-state index in [0.29, 0.717) is 25.9 Å². The SMILES string of the molecule is CCOO[Si](OCOC)OC(CCCC(C)(C)C(=O)OC(C)=O)OC. The van der Waals surface area contributed by atoms with Crippen molar-refractivity contribution >= 4 is 21.5 Å². The highest BCUT2D eigenvalue weighted by Crippen LogP contribution is 2.26. The molecule has 0 saturated carbocycles. The van der Waals surface area contributed by atoms with Crippen molar-refractivity contribution in [2.45, 2.75) is 53.2 Å². The first-order valence-electron chi connectivity index (χ1n) is 7.97. The number of hydrogen-bond donors (Lipinski definition) is 0. The molecule has 1 unspecified atom stereocenters. The summed E-state index contributed by atoms with van der Waals surface area (Å²) in [7, 11) is 0.793. The molecule has 1 radical (unpaired) electrons. The van der Waals surface area contributed by atoms with Crippen LogP contribution in [0.25, 0.3) is 0 Å². The first-order chi connectivity index (χ1) is 11.8. The molecule has 0 aliphatic rings. The predicted octanol–water partition coefficient (Wildman–Crippen LogP) is 1.84. The van der Waals surface area contributed by atoms with Gasteiger partial charge in [0.2, 0.25) is 0 Å². The summed E-state index contributed by atoms with van der Waals surface area (Å²) in [5, 5.41) is 0. The van der Waals surface area contributed by atoms with Crippen molar-refractivity contribution in [3.63, 3.8) is 0 Å². The number of rotatable bonds is 14. The molecule has 147 valence electrons. The molecule has 9 nitrogen and oxygen atoms in total. The molecule has 25 heavy (non-hydrogen) atoms. The Morgan fingerprint density at radius 3 is 2.40 bits per heavy atom. The van der Waals surface area contributed by atoms with Gasteiger partial charge >= 0.3 is 21.5 Å². The van der Waals surface area contributed by atoms with Gasteiger partial charge in [-0.2, -0.15) is 0 Å². The summed E-state index contributed by atoms with van der Waals surface area (Å²) in [6.45, 7) is 6.75. The van der Waals surface area contributed by atoms with E-state index in [1.54, 1.807) is 20.8 Å². The number of esters is 2. The monoisotopic (exact) mass is 381 g/mol. The van der Waals surface area contributed by atoms with Gasteiger partial charge in [-0.3, -0.25) is 9.59 Å². The van der Waals surface area contributed by atoms with Crippen molar-refractivity contribution in [1.82, 2.24) is 0 Å². The van der Waals surface area contributed by atoms with Crippen LogP contribution in [0.5, 0.6) is 0 Å². The van der Waals surface area contributed by atoms with Gasteiger partial charge < -0.3 is 23.1 Å². The highest BCUT2D eigenvalue weighted by Gasteiger charge is 2.31. The molecule has 0 aliphatic carbocycles. The van der Waals surface area contributed by atoms with Gasteiger partial charge in [-0.25, -0.2) is 9.46 Å². The second-order valence-electron chi connectivity index (χ2n) is 5.73. The Balaban J connectivity index is 4.41. The zero-order chi connectivity index (χ0) is 19.3. The molecule has 0 aromatic heterocycles. The lowest BCUT2D eigenvalue weighted by molar-refractivity contribution is -0.252. The second kappa shape index (κ2) is 13.3. The van der Waals surface area contributed by atoms with E-state index in [-0.39, 0.29) is 6.79 Å². The smallest absolute Gasteiger partial charge is 0.393 e. The molecule has 10 heteroatoms. The van der Waals surface area contributed by atoms with Gasteiger partial charge in [-0.1, -0.05) is 0 Å². The fraction of sp³-hybridized carbons (Fsp3) is 0.867. The molecule has 0 spiro atoms. The van der Waals surface area contributed by atoms with Crippen LogP contribution >= 0.6 is 0 Å². The van der Waals surface area contributed by atoms with Crippen LogP contribution in [0.1, 0.15) is 47.0 Å². The summed E-state index contributed by atoms with van der Waals surface area (Å²) in [6.07, 6.45) is 1.00. The van der Waals surface area contributed by atoms with Gasteiger partial charge in [0.25, 0.3) is 0 Å². The van der Waals surface area contributed by atoms with E-state index < -0.39 is 33.2 Å². The standard InChI is InChI=1S/C15H29O9Si/c1-7-20-24-25(21-11-18-5)23-13(19-6)9-8-10-15(3,4)14(17)22-12(2)16/h13H,7-11H2,1-6H3. The number of ether oxygens (including phenoxy) is 3. The molecule has 0 aliphatic heterocycles. The Hall–Kier alpha value is -0.883. The fourth-order valence-electron chi connectivity index (χ4n) is 1.71. The summed E-state index contributed by atoms with van der Waals surface area (Å²) in [6, 6.07) is 0. The minimum Gasteiger partial charge on any atom is -0.393 e. The van der Waals surface area contributed by atoms with Gasteiger partial charge in [-0.05, 0) is 40.0 Å². The Kier molecular flexibility index (Phi) is 12.9. The van der Waals surface area contributed by atoms with E-state index >= 15 is 0 Å². The summed E-state index contributed by atoms with van der Waals surface area (Å²) >= 11 is 0. The topological polar surface area (TPSA) is 98.8 Å². The van der Waals surface area contributed by atoms with Gasteiger partial charge in [0.15, 0.2) is 6.29 Å². The van der Waals surface area contributed by atoms with E-state index in [1.807, 2.05) is 0 Å². The van der Waals surface area contributed by atoms with Crippen molar-refractivity contribution in [1.29, 1.82) is 0 Å². The van der Waals surface area contributed by atoms with Gasteiger partial charge in [0.05, 0.1) is 12.0 Å². The Morgan fingerprint density at radius 1 is 1.20 bits per heavy atom. The second-order valence-corrected chi connectivity index (χ2v) is 6.92. The summed E-state index contributed by atoms with van der Waals surface area (Å²) in [4.78, 5) is 27.6. The quantitative estimate of drug-likeness (QED) is 0.111. The maximum atomic E-state index is 11.9. The van der Waals surface area contributed by atoms with Gasteiger partial charge in [-0.15, -0.1) is 0 Å².